The third-order valence-electron chi connectivity index (χ3n) is 3.20. The predicted molar refractivity (Wildman–Crippen MR) is 85.3 cm³/mol. The molecule has 0 amide bonds. The Hall–Kier alpha value is -2.89. The van der Waals surface area contributed by atoms with Crippen LogP contribution in [0.4, 0.5) is 5.95 Å². The second-order valence-corrected chi connectivity index (χ2v) is 4.64. The molecule has 22 heavy (non-hydrogen) atoms. The Kier molecular flexibility index (Phi) is 4.00. The normalized spacial score (nSPS) is 10.5. The van der Waals surface area contributed by atoms with Gasteiger partial charge >= 0.3 is 0 Å². The van der Waals surface area contributed by atoms with Crippen molar-refractivity contribution >= 4 is 5.95 Å². The molecule has 3 rings (SSSR count). The first-order valence-electron chi connectivity index (χ1n) is 7.07. The van der Waals surface area contributed by atoms with Gasteiger partial charge in [0.05, 0.1) is 19.0 Å². The molecule has 1 aromatic carbocycles. The number of rotatable bonds is 5. The van der Waals surface area contributed by atoms with Gasteiger partial charge in [-0.3, -0.25) is 0 Å². The highest BCUT2D eigenvalue weighted by molar-refractivity contribution is 5.59. The van der Waals surface area contributed by atoms with Crippen molar-refractivity contribution in [2.75, 3.05) is 19.0 Å². The number of nitrogens with one attached hydrogen (secondary N) is 1. The maximum Gasteiger partial charge on any atom is 0.223 e. The zero-order chi connectivity index (χ0) is 15.4. The lowest BCUT2D eigenvalue weighted by molar-refractivity contribution is 0.411. The van der Waals surface area contributed by atoms with Crippen molar-refractivity contribution in [2.45, 2.75) is 6.92 Å². The molecule has 0 aliphatic carbocycles. The van der Waals surface area contributed by atoms with E-state index in [0.717, 1.165) is 29.2 Å². The first-order valence-corrected chi connectivity index (χ1v) is 7.07. The molecule has 1 N–H and O–H groups in total. The molecule has 0 aliphatic rings. The van der Waals surface area contributed by atoms with E-state index in [9.17, 15) is 0 Å². The second-order valence-electron chi connectivity index (χ2n) is 4.64. The number of aromatic nitrogens is 4. The Balaban J connectivity index is 1.95. The van der Waals surface area contributed by atoms with Crippen LogP contribution in [0.2, 0.25) is 0 Å². The minimum atomic E-state index is 0.616. The Bertz CT molecular complexity index is 768. The fourth-order valence-electron chi connectivity index (χ4n) is 2.17. The topological polar surface area (TPSA) is 64.9 Å². The Morgan fingerprint density at radius 1 is 1.23 bits per heavy atom. The molecule has 0 unspecified atom stereocenters. The van der Waals surface area contributed by atoms with E-state index in [1.54, 1.807) is 24.2 Å². The largest absolute Gasteiger partial charge is 0.494 e. The molecule has 0 atom stereocenters. The molecule has 6 heteroatoms. The van der Waals surface area contributed by atoms with E-state index in [1.165, 1.54) is 0 Å². The summed E-state index contributed by atoms with van der Waals surface area (Å²) in [5, 5.41) is 7.51. The highest BCUT2D eigenvalue weighted by Gasteiger charge is 2.09. The Labute approximate surface area is 128 Å². The van der Waals surface area contributed by atoms with Crippen molar-refractivity contribution in [3.05, 3.63) is 48.9 Å². The zero-order valence-electron chi connectivity index (χ0n) is 12.5. The SMILES string of the molecule is CCNc1nccc(-c2cnn(-c3ccccc3OC)c2)n1. The lowest BCUT2D eigenvalue weighted by Gasteiger charge is -2.07. The lowest BCUT2D eigenvalue weighted by Crippen LogP contribution is -2.02. The minimum absolute atomic E-state index is 0.616. The Morgan fingerprint density at radius 2 is 2.09 bits per heavy atom. The molecule has 3 aromatic rings. The quantitative estimate of drug-likeness (QED) is 0.784. The monoisotopic (exact) mass is 295 g/mol. The summed E-state index contributed by atoms with van der Waals surface area (Å²) in [5.41, 5.74) is 2.64. The average Bonchev–Trinajstić information content (AvgIpc) is 3.05. The molecule has 0 spiro atoms. The van der Waals surface area contributed by atoms with Crippen LogP contribution in [0.15, 0.2) is 48.9 Å². The van der Waals surface area contributed by atoms with Crippen molar-refractivity contribution in [1.29, 1.82) is 0 Å². The number of para-hydroxylation sites is 2. The molecule has 0 aliphatic heterocycles. The van der Waals surface area contributed by atoms with Gasteiger partial charge < -0.3 is 10.1 Å². The van der Waals surface area contributed by atoms with Crippen LogP contribution in [-0.4, -0.2) is 33.4 Å². The smallest absolute Gasteiger partial charge is 0.223 e. The summed E-state index contributed by atoms with van der Waals surface area (Å²) in [5.74, 6) is 1.39. The third kappa shape index (κ3) is 2.76. The van der Waals surface area contributed by atoms with Gasteiger partial charge in [-0.25, -0.2) is 14.6 Å². The summed E-state index contributed by atoms with van der Waals surface area (Å²) in [6.07, 6.45) is 5.45. The number of methoxy groups -OCH3 is 1. The van der Waals surface area contributed by atoms with Crippen LogP contribution in [0.3, 0.4) is 0 Å². The summed E-state index contributed by atoms with van der Waals surface area (Å²) in [4.78, 5) is 8.65. The number of anilines is 1. The molecule has 6 nitrogen and oxygen atoms in total. The fourth-order valence-corrected chi connectivity index (χ4v) is 2.17. The number of hydrogen-bond donors (Lipinski definition) is 1. The van der Waals surface area contributed by atoms with Crippen molar-refractivity contribution in [2.24, 2.45) is 0 Å². The summed E-state index contributed by atoms with van der Waals surface area (Å²) in [7, 11) is 1.65. The van der Waals surface area contributed by atoms with Crippen LogP contribution in [-0.2, 0) is 0 Å². The maximum absolute atomic E-state index is 5.37. The molecule has 0 bridgehead atoms. The van der Waals surface area contributed by atoms with Gasteiger partial charge in [-0.1, -0.05) is 12.1 Å². The number of benzene rings is 1. The van der Waals surface area contributed by atoms with Crippen LogP contribution >= 0.6 is 0 Å². The van der Waals surface area contributed by atoms with Gasteiger partial charge in [0.1, 0.15) is 11.4 Å². The van der Waals surface area contributed by atoms with Crippen LogP contribution in [0.1, 0.15) is 6.92 Å². The van der Waals surface area contributed by atoms with E-state index < -0.39 is 0 Å². The molecule has 0 fully saturated rings. The summed E-state index contributed by atoms with van der Waals surface area (Å²) in [6, 6.07) is 9.61. The molecule has 2 heterocycles. The van der Waals surface area contributed by atoms with Gasteiger partial charge in [-0.15, -0.1) is 0 Å². The van der Waals surface area contributed by atoms with Gasteiger partial charge in [0, 0.05) is 24.5 Å². The fraction of sp³-hybridized carbons (Fsp3) is 0.188. The van der Waals surface area contributed by atoms with Gasteiger partial charge in [-0.05, 0) is 25.1 Å². The standard InChI is InChI=1S/C16H17N5O/c1-3-17-16-18-9-8-13(20-16)12-10-19-21(11-12)14-6-4-5-7-15(14)22-2/h4-11H,3H2,1-2H3,(H,17,18,20). The third-order valence-corrected chi connectivity index (χ3v) is 3.20. The van der Waals surface area contributed by atoms with Crippen molar-refractivity contribution in [3.63, 3.8) is 0 Å². The number of nitrogens with zero attached hydrogens (tertiary/aromatic N) is 4. The van der Waals surface area contributed by atoms with Crippen LogP contribution in [0.25, 0.3) is 16.9 Å². The summed E-state index contributed by atoms with van der Waals surface area (Å²) >= 11 is 0. The molecule has 0 saturated carbocycles. The molecular weight excluding hydrogens is 278 g/mol. The maximum atomic E-state index is 5.37. The second kappa shape index (κ2) is 6.26. The molecule has 0 radical (unpaired) electrons. The first-order chi connectivity index (χ1) is 10.8. The highest BCUT2D eigenvalue weighted by Crippen LogP contribution is 2.24. The van der Waals surface area contributed by atoms with Gasteiger partial charge in [0.2, 0.25) is 5.95 Å². The van der Waals surface area contributed by atoms with Crippen LogP contribution in [0, 0.1) is 0 Å². The number of ether oxygens (including phenoxy) is 1. The predicted octanol–water partition coefficient (Wildman–Crippen LogP) is 2.77. The number of hydrogen-bond acceptors (Lipinski definition) is 5. The van der Waals surface area contributed by atoms with E-state index in [-0.39, 0.29) is 0 Å². The Morgan fingerprint density at radius 3 is 2.91 bits per heavy atom. The summed E-state index contributed by atoms with van der Waals surface area (Å²) < 4.78 is 7.15. The summed E-state index contributed by atoms with van der Waals surface area (Å²) in [6.45, 7) is 2.79. The molecule has 0 saturated heterocycles. The van der Waals surface area contributed by atoms with E-state index in [0.29, 0.717) is 5.95 Å². The van der Waals surface area contributed by atoms with Crippen molar-refractivity contribution in [3.8, 4) is 22.7 Å². The highest BCUT2D eigenvalue weighted by atomic mass is 16.5. The van der Waals surface area contributed by atoms with Gasteiger partial charge in [0.25, 0.3) is 0 Å². The van der Waals surface area contributed by atoms with Crippen molar-refractivity contribution < 1.29 is 4.74 Å². The van der Waals surface area contributed by atoms with E-state index >= 15 is 0 Å². The minimum Gasteiger partial charge on any atom is -0.494 e. The first kappa shape index (κ1) is 14.1. The average molecular weight is 295 g/mol. The van der Waals surface area contributed by atoms with Gasteiger partial charge in [0.15, 0.2) is 0 Å². The van der Waals surface area contributed by atoms with Crippen LogP contribution < -0.4 is 10.1 Å². The zero-order valence-corrected chi connectivity index (χ0v) is 12.5. The lowest BCUT2D eigenvalue weighted by atomic mass is 10.2. The van der Waals surface area contributed by atoms with Crippen LogP contribution in [0.5, 0.6) is 5.75 Å². The van der Waals surface area contributed by atoms with Gasteiger partial charge in [-0.2, -0.15) is 5.10 Å². The van der Waals surface area contributed by atoms with E-state index in [2.05, 4.69) is 20.4 Å². The molecule has 112 valence electrons. The molecular formula is C16H17N5O. The van der Waals surface area contributed by atoms with E-state index in [1.807, 2.05) is 43.5 Å². The molecule has 2 aromatic heterocycles. The van der Waals surface area contributed by atoms with E-state index in [4.69, 9.17) is 4.74 Å². The van der Waals surface area contributed by atoms with Crippen molar-refractivity contribution in [1.82, 2.24) is 19.7 Å².